The van der Waals surface area contributed by atoms with Crippen LogP contribution in [0.25, 0.3) is 0 Å². The first-order valence-corrected chi connectivity index (χ1v) is 6.36. The van der Waals surface area contributed by atoms with Crippen LogP contribution in [0.4, 0.5) is 0 Å². The van der Waals surface area contributed by atoms with E-state index in [4.69, 9.17) is 5.11 Å². The lowest BCUT2D eigenvalue weighted by atomic mass is 9.86. The van der Waals surface area contributed by atoms with Crippen molar-refractivity contribution < 1.29 is 14.7 Å². The molecule has 3 N–H and O–H groups in total. The molecule has 0 aliphatic carbocycles. The van der Waals surface area contributed by atoms with Gasteiger partial charge >= 0.3 is 5.97 Å². The molecule has 0 aromatic heterocycles. The molecule has 0 spiro atoms. The standard InChI is InChI=1S/C12H23N3O3/c1-4-15(6-10(16)14-9(2)3)12(5-11(17)18)7-13-8-12/h9,13H,4-8H2,1-3H3,(H,14,16)(H,17,18). The molecule has 0 unspecified atom stereocenters. The van der Waals surface area contributed by atoms with Crippen molar-refractivity contribution in [1.29, 1.82) is 0 Å². The zero-order valence-electron chi connectivity index (χ0n) is 11.3. The molecule has 1 amide bonds. The van der Waals surface area contributed by atoms with E-state index in [2.05, 4.69) is 10.6 Å². The predicted octanol–water partition coefficient (Wildman–Crippen LogP) is -0.350. The van der Waals surface area contributed by atoms with Gasteiger partial charge in [-0.15, -0.1) is 0 Å². The Morgan fingerprint density at radius 3 is 2.39 bits per heavy atom. The minimum absolute atomic E-state index is 0.0523. The average molecular weight is 257 g/mol. The van der Waals surface area contributed by atoms with Gasteiger partial charge in [0.15, 0.2) is 0 Å². The molecule has 0 aromatic rings. The van der Waals surface area contributed by atoms with Crippen LogP contribution < -0.4 is 10.6 Å². The number of aliphatic carboxylic acids is 1. The van der Waals surface area contributed by atoms with E-state index in [-0.39, 0.29) is 24.9 Å². The fourth-order valence-electron chi connectivity index (χ4n) is 2.31. The molecule has 0 bridgehead atoms. The van der Waals surface area contributed by atoms with Crippen LogP contribution in [0.5, 0.6) is 0 Å². The smallest absolute Gasteiger partial charge is 0.305 e. The molecule has 1 rings (SSSR count). The Hall–Kier alpha value is -1.14. The molecule has 1 heterocycles. The molecule has 1 aliphatic rings. The summed E-state index contributed by atoms with van der Waals surface area (Å²) >= 11 is 0. The van der Waals surface area contributed by atoms with Gasteiger partial charge in [-0.05, 0) is 20.4 Å². The van der Waals surface area contributed by atoms with Crippen molar-refractivity contribution in [3.8, 4) is 0 Å². The van der Waals surface area contributed by atoms with Gasteiger partial charge in [-0.3, -0.25) is 14.5 Å². The van der Waals surface area contributed by atoms with E-state index in [1.807, 2.05) is 25.7 Å². The summed E-state index contributed by atoms with van der Waals surface area (Å²) < 4.78 is 0. The quantitative estimate of drug-likeness (QED) is 0.581. The Morgan fingerprint density at radius 2 is 2.06 bits per heavy atom. The lowest BCUT2D eigenvalue weighted by Gasteiger charge is -2.49. The largest absolute Gasteiger partial charge is 0.481 e. The highest BCUT2D eigenvalue weighted by Gasteiger charge is 2.44. The number of carboxylic acid groups (broad SMARTS) is 1. The number of carbonyl (C=O) groups excluding carboxylic acids is 1. The summed E-state index contributed by atoms with van der Waals surface area (Å²) in [7, 11) is 0. The number of rotatable bonds is 7. The second-order valence-corrected chi connectivity index (χ2v) is 5.13. The van der Waals surface area contributed by atoms with Gasteiger partial charge in [0.05, 0.1) is 18.5 Å². The molecular weight excluding hydrogens is 234 g/mol. The number of hydrogen-bond donors (Lipinski definition) is 3. The second-order valence-electron chi connectivity index (χ2n) is 5.13. The van der Waals surface area contributed by atoms with E-state index in [9.17, 15) is 9.59 Å². The van der Waals surface area contributed by atoms with Crippen LogP contribution >= 0.6 is 0 Å². The molecule has 104 valence electrons. The summed E-state index contributed by atoms with van der Waals surface area (Å²) in [4.78, 5) is 24.7. The van der Waals surface area contributed by atoms with E-state index >= 15 is 0 Å². The molecule has 1 fully saturated rings. The molecule has 1 saturated heterocycles. The summed E-state index contributed by atoms with van der Waals surface area (Å²) in [5, 5.41) is 14.9. The molecule has 6 heteroatoms. The molecule has 0 aromatic carbocycles. The highest BCUT2D eigenvalue weighted by atomic mass is 16.4. The third-order valence-corrected chi connectivity index (χ3v) is 3.23. The first-order valence-electron chi connectivity index (χ1n) is 6.36. The second kappa shape index (κ2) is 6.15. The Labute approximate surface area is 108 Å². The lowest BCUT2D eigenvalue weighted by Crippen LogP contribution is -2.70. The summed E-state index contributed by atoms with van der Waals surface area (Å²) in [6, 6.07) is 0.103. The molecule has 6 nitrogen and oxygen atoms in total. The van der Waals surface area contributed by atoms with Crippen molar-refractivity contribution >= 4 is 11.9 Å². The third kappa shape index (κ3) is 3.68. The maximum absolute atomic E-state index is 11.8. The SMILES string of the molecule is CCN(CC(=O)NC(C)C)C1(CC(=O)O)CNC1. The Balaban J connectivity index is 2.63. The van der Waals surface area contributed by atoms with E-state index in [1.54, 1.807) is 0 Å². The first kappa shape index (κ1) is 14.9. The Bertz CT molecular complexity index is 314. The van der Waals surface area contributed by atoms with Crippen LogP contribution in [0.15, 0.2) is 0 Å². The molecule has 0 saturated carbocycles. The summed E-state index contributed by atoms with van der Waals surface area (Å²) in [5.74, 6) is -0.872. The van der Waals surface area contributed by atoms with E-state index < -0.39 is 11.5 Å². The van der Waals surface area contributed by atoms with Crippen LogP contribution in [0.1, 0.15) is 27.2 Å². The van der Waals surface area contributed by atoms with Gasteiger partial charge < -0.3 is 15.7 Å². The minimum atomic E-state index is -0.820. The molecule has 1 aliphatic heterocycles. The van der Waals surface area contributed by atoms with Crippen LogP contribution in [0, 0.1) is 0 Å². The highest BCUT2D eigenvalue weighted by Crippen LogP contribution is 2.24. The van der Waals surface area contributed by atoms with Crippen molar-refractivity contribution in [3.63, 3.8) is 0 Å². The van der Waals surface area contributed by atoms with Crippen molar-refractivity contribution in [2.24, 2.45) is 0 Å². The fourth-order valence-corrected chi connectivity index (χ4v) is 2.31. The van der Waals surface area contributed by atoms with Gasteiger partial charge in [-0.1, -0.05) is 6.92 Å². The van der Waals surface area contributed by atoms with E-state index in [0.717, 1.165) is 0 Å². The average Bonchev–Trinajstić information content (AvgIpc) is 2.19. The number of nitrogens with one attached hydrogen (secondary N) is 2. The number of nitrogens with zero attached hydrogens (tertiary/aromatic N) is 1. The van der Waals surface area contributed by atoms with Crippen LogP contribution in [-0.4, -0.2) is 59.6 Å². The number of carboxylic acids is 1. The van der Waals surface area contributed by atoms with Gasteiger partial charge in [-0.2, -0.15) is 0 Å². The van der Waals surface area contributed by atoms with Crippen molar-refractivity contribution in [3.05, 3.63) is 0 Å². The minimum Gasteiger partial charge on any atom is -0.481 e. The number of hydrogen-bond acceptors (Lipinski definition) is 4. The zero-order chi connectivity index (χ0) is 13.8. The predicted molar refractivity (Wildman–Crippen MR) is 68.4 cm³/mol. The molecule has 0 atom stereocenters. The summed E-state index contributed by atoms with van der Waals surface area (Å²) in [6.45, 7) is 7.94. The normalized spacial score (nSPS) is 17.6. The van der Waals surface area contributed by atoms with Crippen LogP contribution in [0.3, 0.4) is 0 Å². The number of carbonyl (C=O) groups is 2. The first-order chi connectivity index (χ1) is 8.39. The summed E-state index contributed by atoms with van der Waals surface area (Å²) in [6.07, 6.45) is 0.0722. The topological polar surface area (TPSA) is 81.7 Å². The molecule has 18 heavy (non-hydrogen) atoms. The third-order valence-electron chi connectivity index (χ3n) is 3.23. The van der Waals surface area contributed by atoms with Crippen LogP contribution in [-0.2, 0) is 9.59 Å². The van der Waals surface area contributed by atoms with Crippen molar-refractivity contribution in [2.45, 2.75) is 38.8 Å². The van der Waals surface area contributed by atoms with Gasteiger partial charge in [0, 0.05) is 19.1 Å². The van der Waals surface area contributed by atoms with Crippen molar-refractivity contribution in [2.75, 3.05) is 26.2 Å². The van der Waals surface area contributed by atoms with E-state index in [1.165, 1.54) is 0 Å². The Morgan fingerprint density at radius 1 is 1.44 bits per heavy atom. The highest BCUT2D eigenvalue weighted by molar-refractivity contribution is 5.78. The van der Waals surface area contributed by atoms with Gasteiger partial charge in [-0.25, -0.2) is 0 Å². The van der Waals surface area contributed by atoms with E-state index in [0.29, 0.717) is 19.6 Å². The number of likely N-dealkylation sites (N-methyl/N-ethyl adjacent to an activating group) is 1. The fraction of sp³-hybridized carbons (Fsp3) is 0.833. The molecular formula is C12H23N3O3. The maximum Gasteiger partial charge on any atom is 0.305 e. The Kier molecular flexibility index (Phi) is 5.10. The monoisotopic (exact) mass is 257 g/mol. The zero-order valence-corrected chi connectivity index (χ0v) is 11.3. The lowest BCUT2D eigenvalue weighted by molar-refractivity contribution is -0.143. The van der Waals surface area contributed by atoms with Gasteiger partial charge in [0.2, 0.25) is 5.91 Å². The van der Waals surface area contributed by atoms with Gasteiger partial charge in [0.1, 0.15) is 0 Å². The molecule has 0 radical (unpaired) electrons. The summed E-state index contributed by atoms with van der Waals surface area (Å²) in [5.41, 5.74) is -0.408. The maximum atomic E-state index is 11.8. The number of amides is 1. The van der Waals surface area contributed by atoms with Crippen LogP contribution in [0.2, 0.25) is 0 Å². The van der Waals surface area contributed by atoms with Crippen molar-refractivity contribution in [1.82, 2.24) is 15.5 Å². The van der Waals surface area contributed by atoms with Gasteiger partial charge in [0.25, 0.3) is 0 Å².